The molecule has 15 heavy (non-hydrogen) atoms. The summed E-state index contributed by atoms with van der Waals surface area (Å²) in [5.74, 6) is 0. The van der Waals surface area contributed by atoms with Gasteiger partial charge in [0.2, 0.25) is 0 Å². The molecule has 0 aromatic rings. The van der Waals surface area contributed by atoms with Crippen molar-refractivity contribution in [3.63, 3.8) is 0 Å². The van der Waals surface area contributed by atoms with Crippen molar-refractivity contribution in [3.05, 3.63) is 0 Å². The summed E-state index contributed by atoms with van der Waals surface area (Å²) in [7, 11) is 5.93. The van der Waals surface area contributed by atoms with E-state index in [4.69, 9.17) is 10.2 Å². The van der Waals surface area contributed by atoms with Gasteiger partial charge in [-0.05, 0) is 0 Å². The third-order valence-corrected chi connectivity index (χ3v) is 2.58. The van der Waals surface area contributed by atoms with Gasteiger partial charge in [-0.1, -0.05) is 0 Å². The second-order valence-corrected chi connectivity index (χ2v) is 4.76. The molecular weight excluding hydrogens is 196 g/mol. The molecule has 0 rings (SSSR count). The van der Waals surface area contributed by atoms with Gasteiger partial charge in [0.25, 0.3) is 0 Å². The maximum absolute atomic E-state index is 9.81. The van der Waals surface area contributed by atoms with E-state index in [0.29, 0.717) is 30.7 Å². The molecule has 4 N–H and O–H groups in total. The Hall–Kier alpha value is -0.200. The van der Waals surface area contributed by atoms with Gasteiger partial charge in [-0.25, -0.2) is 0 Å². The first-order chi connectivity index (χ1) is 6.93. The third-order valence-electron chi connectivity index (χ3n) is 2.58. The first-order valence-corrected chi connectivity index (χ1v) is 5.46. The Morgan fingerprint density at radius 1 is 1.13 bits per heavy atom. The molecule has 0 spiro atoms. The fourth-order valence-electron chi connectivity index (χ4n) is 1.82. The van der Waals surface area contributed by atoms with E-state index < -0.39 is 6.10 Å². The quantitative estimate of drug-likeness (QED) is 0.329. The Balaban J connectivity index is 4.14. The van der Waals surface area contributed by atoms with Crippen molar-refractivity contribution < 1.29 is 24.7 Å². The Morgan fingerprint density at radius 3 is 1.93 bits per heavy atom. The first kappa shape index (κ1) is 14.8. The molecular formula is C10H26N2O3+2. The molecule has 0 saturated heterocycles. The molecule has 0 aromatic heterocycles. The van der Waals surface area contributed by atoms with Crippen molar-refractivity contribution in [2.24, 2.45) is 0 Å². The van der Waals surface area contributed by atoms with Crippen LogP contribution < -0.4 is 4.90 Å². The lowest BCUT2D eigenvalue weighted by Gasteiger charge is -2.35. The Labute approximate surface area is 92.1 Å². The van der Waals surface area contributed by atoms with Crippen LogP contribution in [0.5, 0.6) is 0 Å². The number of nitrogens with zero attached hydrogens (tertiary/aromatic N) is 1. The minimum atomic E-state index is -0.391. The number of nitrogens with one attached hydrogen (secondary N) is 1. The molecule has 1 atom stereocenters. The predicted molar refractivity (Wildman–Crippen MR) is 58.6 cm³/mol. The molecule has 0 amide bonds. The molecule has 5 heteroatoms. The molecule has 0 radical (unpaired) electrons. The number of quaternary nitrogens is 2. The van der Waals surface area contributed by atoms with Crippen molar-refractivity contribution >= 4 is 0 Å². The first-order valence-electron chi connectivity index (χ1n) is 5.46. The lowest BCUT2D eigenvalue weighted by atomic mass is 10.2. The van der Waals surface area contributed by atoms with Gasteiger partial charge in [-0.15, -0.1) is 0 Å². The monoisotopic (exact) mass is 222 g/mol. The zero-order valence-electron chi connectivity index (χ0n) is 10.1. The molecule has 92 valence electrons. The van der Waals surface area contributed by atoms with Gasteiger partial charge in [0, 0.05) is 0 Å². The fraction of sp³-hybridized carbons (Fsp3) is 1.00. The zero-order valence-corrected chi connectivity index (χ0v) is 10.1. The molecule has 0 aliphatic heterocycles. The molecule has 0 aliphatic rings. The number of aliphatic hydroxyl groups is 3. The number of likely N-dealkylation sites (N-methyl/N-ethyl adjacent to an activating group) is 2. The summed E-state index contributed by atoms with van der Waals surface area (Å²) < 4.78 is 0.515. The van der Waals surface area contributed by atoms with Crippen molar-refractivity contribution in [1.29, 1.82) is 0 Å². The van der Waals surface area contributed by atoms with Gasteiger partial charge in [0.15, 0.2) is 6.10 Å². The molecule has 0 bridgehead atoms. The average molecular weight is 222 g/mol. The van der Waals surface area contributed by atoms with E-state index in [-0.39, 0.29) is 13.2 Å². The van der Waals surface area contributed by atoms with E-state index in [1.54, 1.807) is 0 Å². The van der Waals surface area contributed by atoms with Crippen LogP contribution in [0.2, 0.25) is 0 Å². The maximum atomic E-state index is 9.81. The normalized spacial score (nSPS) is 14.6. The number of aliphatic hydroxyl groups excluding tert-OH is 3. The van der Waals surface area contributed by atoms with Crippen molar-refractivity contribution in [2.45, 2.75) is 6.10 Å². The van der Waals surface area contributed by atoms with Gasteiger partial charge in [-0.3, -0.25) is 0 Å². The molecule has 1 unspecified atom stereocenters. The second-order valence-electron chi connectivity index (χ2n) is 4.76. The standard InChI is InChI=1S/C10H25N2O3/c1-11(2)8-10(15)9-12(3,4-6-13)5-7-14/h10,13-15H,4-9H2,1-3H3/q+1/p+1. The molecule has 0 fully saturated rings. The largest absolute Gasteiger partial charge is 0.391 e. The van der Waals surface area contributed by atoms with Crippen molar-refractivity contribution in [2.75, 3.05) is 60.5 Å². The van der Waals surface area contributed by atoms with E-state index in [9.17, 15) is 5.11 Å². The van der Waals surface area contributed by atoms with E-state index in [1.165, 1.54) is 4.90 Å². The summed E-state index contributed by atoms with van der Waals surface area (Å²) in [6, 6.07) is 0. The minimum Gasteiger partial charge on any atom is -0.391 e. The molecule has 0 aliphatic carbocycles. The highest BCUT2D eigenvalue weighted by molar-refractivity contribution is 4.52. The van der Waals surface area contributed by atoms with Crippen LogP contribution in [0.3, 0.4) is 0 Å². The van der Waals surface area contributed by atoms with E-state index in [1.807, 2.05) is 21.1 Å². The van der Waals surface area contributed by atoms with Gasteiger partial charge < -0.3 is 24.7 Å². The Kier molecular flexibility index (Phi) is 7.04. The summed E-state index contributed by atoms with van der Waals surface area (Å²) in [5.41, 5.74) is 0. The van der Waals surface area contributed by atoms with Crippen LogP contribution in [0.4, 0.5) is 0 Å². The number of rotatable bonds is 8. The lowest BCUT2D eigenvalue weighted by Crippen LogP contribution is -3.07. The topological polar surface area (TPSA) is 65.1 Å². The smallest absolute Gasteiger partial charge is 0.152 e. The predicted octanol–water partition coefficient (Wildman–Crippen LogP) is -3.08. The second kappa shape index (κ2) is 7.14. The van der Waals surface area contributed by atoms with Crippen LogP contribution in [0.15, 0.2) is 0 Å². The van der Waals surface area contributed by atoms with Gasteiger partial charge in [0.1, 0.15) is 26.2 Å². The highest BCUT2D eigenvalue weighted by atomic mass is 16.3. The fourth-order valence-corrected chi connectivity index (χ4v) is 1.82. The highest BCUT2D eigenvalue weighted by Crippen LogP contribution is 2.02. The Morgan fingerprint density at radius 2 is 1.60 bits per heavy atom. The summed E-state index contributed by atoms with van der Waals surface area (Å²) in [5, 5.41) is 27.7. The van der Waals surface area contributed by atoms with Crippen molar-refractivity contribution in [1.82, 2.24) is 0 Å². The third kappa shape index (κ3) is 6.81. The summed E-state index contributed by atoms with van der Waals surface area (Å²) in [6.45, 7) is 2.56. The van der Waals surface area contributed by atoms with E-state index in [2.05, 4.69) is 0 Å². The highest BCUT2D eigenvalue weighted by Gasteiger charge is 2.25. The maximum Gasteiger partial charge on any atom is 0.152 e. The summed E-state index contributed by atoms with van der Waals surface area (Å²) in [4.78, 5) is 1.20. The molecule has 5 nitrogen and oxygen atoms in total. The van der Waals surface area contributed by atoms with Crippen molar-refractivity contribution in [3.8, 4) is 0 Å². The molecule has 0 heterocycles. The number of hydrogen-bond donors (Lipinski definition) is 4. The summed E-state index contributed by atoms with van der Waals surface area (Å²) in [6.07, 6.45) is -0.391. The Bertz CT molecular complexity index is 159. The van der Waals surface area contributed by atoms with E-state index >= 15 is 0 Å². The summed E-state index contributed by atoms with van der Waals surface area (Å²) >= 11 is 0. The molecule has 0 saturated carbocycles. The van der Waals surface area contributed by atoms with Crippen LogP contribution in [-0.4, -0.2) is 86.4 Å². The average Bonchev–Trinajstić information content (AvgIpc) is 2.01. The molecule has 0 aromatic carbocycles. The van der Waals surface area contributed by atoms with Crippen LogP contribution in [-0.2, 0) is 0 Å². The SMILES string of the molecule is C[NH+](C)CC(O)C[N+](C)(CCO)CCO. The van der Waals surface area contributed by atoms with Crippen LogP contribution in [0.25, 0.3) is 0 Å². The van der Waals surface area contributed by atoms with Gasteiger partial charge in [0.05, 0.1) is 34.4 Å². The van der Waals surface area contributed by atoms with Gasteiger partial charge in [-0.2, -0.15) is 0 Å². The number of hydrogen-bond acceptors (Lipinski definition) is 3. The van der Waals surface area contributed by atoms with Crippen LogP contribution >= 0.6 is 0 Å². The lowest BCUT2D eigenvalue weighted by molar-refractivity contribution is -0.920. The minimum absolute atomic E-state index is 0.0814. The zero-order chi connectivity index (χ0) is 11.9. The van der Waals surface area contributed by atoms with Gasteiger partial charge >= 0.3 is 0 Å². The van der Waals surface area contributed by atoms with Crippen LogP contribution in [0.1, 0.15) is 0 Å². The van der Waals surface area contributed by atoms with Crippen LogP contribution in [0, 0.1) is 0 Å². The van der Waals surface area contributed by atoms with E-state index in [0.717, 1.165) is 0 Å².